The fourth-order valence-corrected chi connectivity index (χ4v) is 4.78. The van der Waals surface area contributed by atoms with Gasteiger partial charge in [-0.3, -0.25) is 0 Å². The Balaban J connectivity index is 1.70. The normalized spacial score (nSPS) is 12.4. The predicted octanol–water partition coefficient (Wildman–Crippen LogP) is 4.69. The van der Waals surface area contributed by atoms with Crippen LogP contribution in [0.4, 0.5) is 0 Å². The minimum Gasteiger partial charge on any atom is -0.423 e. The molecule has 0 bridgehead atoms. The molecule has 0 saturated heterocycles. The predicted molar refractivity (Wildman–Crippen MR) is 129 cm³/mol. The molecule has 0 saturated carbocycles. The van der Waals surface area contributed by atoms with E-state index in [1.165, 1.54) is 30.3 Å². The van der Waals surface area contributed by atoms with Crippen LogP contribution in [0.15, 0.2) is 86.9 Å². The van der Waals surface area contributed by atoms with Crippen LogP contribution >= 0.6 is 11.6 Å². The first-order valence-electron chi connectivity index (χ1n) is 10.2. The molecule has 4 aromatic rings. The molecule has 1 unspecified atom stereocenters. The number of carbonyl (C=O) groups excluding carboxylic acids is 1. The number of nitrogens with one attached hydrogen (secondary N) is 1. The summed E-state index contributed by atoms with van der Waals surface area (Å²) in [5.41, 5.74) is 1.55. The maximum atomic E-state index is 13.2. The van der Waals surface area contributed by atoms with Crippen molar-refractivity contribution in [3.63, 3.8) is 0 Å². The van der Waals surface area contributed by atoms with Gasteiger partial charge in [0, 0.05) is 17.5 Å². The van der Waals surface area contributed by atoms with E-state index in [0.29, 0.717) is 16.5 Å². The number of rotatable bonds is 6. The van der Waals surface area contributed by atoms with Crippen molar-refractivity contribution in [3.05, 3.63) is 105 Å². The van der Waals surface area contributed by atoms with Crippen LogP contribution in [0, 0.1) is 13.8 Å². The molecule has 0 radical (unpaired) electrons. The molecule has 1 N–H and O–H groups in total. The average molecular weight is 498 g/mol. The molecular weight excluding hydrogens is 478 g/mol. The lowest BCUT2D eigenvalue weighted by Gasteiger charge is -2.19. The maximum absolute atomic E-state index is 13.2. The molecule has 1 atom stereocenters. The third-order valence-electron chi connectivity index (χ3n) is 5.19. The summed E-state index contributed by atoms with van der Waals surface area (Å²) in [5, 5.41) is 0.690. The van der Waals surface area contributed by atoms with Gasteiger partial charge in [0.25, 0.3) is 0 Å². The number of ether oxygens (including phenoxy) is 1. The van der Waals surface area contributed by atoms with E-state index in [-0.39, 0.29) is 21.3 Å². The van der Waals surface area contributed by atoms with E-state index in [1.807, 2.05) is 6.92 Å². The summed E-state index contributed by atoms with van der Waals surface area (Å²) in [5.74, 6) is -0.971. The van der Waals surface area contributed by atoms with Gasteiger partial charge in [-0.1, -0.05) is 59.6 Å². The van der Waals surface area contributed by atoms with Gasteiger partial charge >= 0.3 is 11.6 Å². The number of halogens is 1. The monoisotopic (exact) mass is 497 g/mol. The zero-order valence-electron chi connectivity index (χ0n) is 18.2. The highest BCUT2D eigenvalue weighted by Gasteiger charge is 2.29. The fraction of sp³-hybridized carbons (Fsp3) is 0.120. The Labute approximate surface area is 201 Å². The molecule has 1 aromatic heterocycles. The van der Waals surface area contributed by atoms with Crippen molar-refractivity contribution in [1.29, 1.82) is 0 Å². The van der Waals surface area contributed by atoms with Gasteiger partial charge in [0.05, 0.1) is 9.92 Å². The molecule has 0 aliphatic carbocycles. The molecule has 3 aromatic carbocycles. The number of carbonyl (C=O) groups is 1. The molecule has 34 heavy (non-hydrogen) atoms. The quantitative estimate of drug-likeness (QED) is 0.235. The molecule has 1 heterocycles. The Morgan fingerprint density at radius 2 is 1.68 bits per heavy atom. The van der Waals surface area contributed by atoms with E-state index >= 15 is 0 Å². The van der Waals surface area contributed by atoms with E-state index in [1.54, 1.807) is 49.4 Å². The minimum absolute atomic E-state index is 0.00724. The van der Waals surface area contributed by atoms with Crippen LogP contribution in [0.25, 0.3) is 11.0 Å². The molecule has 0 aliphatic rings. The lowest BCUT2D eigenvalue weighted by atomic mass is 10.1. The van der Waals surface area contributed by atoms with Crippen LogP contribution in [-0.4, -0.2) is 14.4 Å². The van der Waals surface area contributed by atoms with Crippen molar-refractivity contribution in [3.8, 4) is 5.75 Å². The molecule has 0 spiro atoms. The highest BCUT2D eigenvalue weighted by Crippen LogP contribution is 2.32. The van der Waals surface area contributed by atoms with Gasteiger partial charge in [-0.05, 0) is 43.2 Å². The standard InChI is InChI=1S/C25H20ClNO6S/c1-15-8-10-18(11-9-15)34(30,31)27-24(17-6-4-3-5-7-17)25(29)33-22-14-21-19(13-20(22)26)16(2)12-23(28)32-21/h3-14,24,27H,1-2H3. The van der Waals surface area contributed by atoms with Crippen LogP contribution < -0.4 is 15.1 Å². The van der Waals surface area contributed by atoms with E-state index in [9.17, 15) is 18.0 Å². The maximum Gasteiger partial charge on any atom is 0.336 e. The number of aryl methyl sites for hydroxylation is 2. The van der Waals surface area contributed by atoms with Gasteiger partial charge in [0.15, 0.2) is 5.75 Å². The number of fused-ring (bicyclic) bond motifs is 1. The molecule has 7 nitrogen and oxygen atoms in total. The summed E-state index contributed by atoms with van der Waals surface area (Å²) >= 11 is 6.32. The summed E-state index contributed by atoms with van der Waals surface area (Å²) in [6, 6.07) is 17.4. The summed E-state index contributed by atoms with van der Waals surface area (Å²) in [6.45, 7) is 3.57. The van der Waals surface area contributed by atoms with E-state index < -0.39 is 27.7 Å². The molecule has 9 heteroatoms. The van der Waals surface area contributed by atoms with Crippen molar-refractivity contribution in [2.45, 2.75) is 24.8 Å². The summed E-state index contributed by atoms with van der Waals surface area (Å²) in [4.78, 5) is 24.9. The topological polar surface area (TPSA) is 103 Å². The van der Waals surface area contributed by atoms with E-state index in [2.05, 4.69) is 4.72 Å². The Morgan fingerprint density at radius 1 is 1.00 bits per heavy atom. The third kappa shape index (κ3) is 5.04. The second kappa shape index (κ2) is 9.42. The number of hydrogen-bond donors (Lipinski definition) is 1. The Hall–Kier alpha value is -3.46. The first kappa shape index (κ1) is 23.7. The van der Waals surface area contributed by atoms with Crippen LogP contribution in [0.3, 0.4) is 0 Å². The van der Waals surface area contributed by atoms with Crippen LogP contribution in [0.1, 0.15) is 22.7 Å². The fourth-order valence-electron chi connectivity index (χ4n) is 3.40. The van der Waals surface area contributed by atoms with E-state index in [4.69, 9.17) is 20.8 Å². The molecule has 4 rings (SSSR count). The highest BCUT2D eigenvalue weighted by atomic mass is 35.5. The third-order valence-corrected chi connectivity index (χ3v) is 6.92. The molecule has 0 aliphatic heterocycles. The SMILES string of the molecule is Cc1ccc(S(=O)(=O)NC(C(=O)Oc2cc3oc(=O)cc(C)c3cc2Cl)c2ccccc2)cc1. The number of esters is 1. The number of benzene rings is 3. The zero-order chi connectivity index (χ0) is 24.5. The number of sulfonamides is 1. The van der Waals surface area contributed by atoms with Crippen molar-refractivity contribution in [2.75, 3.05) is 0 Å². The summed E-state index contributed by atoms with van der Waals surface area (Å²) in [7, 11) is -4.06. The average Bonchev–Trinajstić information content (AvgIpc) is 2.79. The smallest absolute Gasteiger partial charge is 0.336 e. The van der Waals surface area contributed by atoms with Gasteiger partial charge in [-0.25, -0.2) is 18.0 Å². The van der Waals surface area contributed by atoms with Gasteiger partial charge in [-0.2, -0.15) is 4.72 Å². The molecular formula is C25H20ClNO6S. The van der Waals surface area contributed by atoms with Gasteiger partial charge in [0.2, 0.25) is 10.0 Å². The highest BCUT2D eigenvalue weighted by molar-refractivity contribution is 7.89. The zero-order valence-corrected chi connectivity index (χ0v) is 19.8. The largest absolute Gasteiger partial charge is 0.423 e. The van der Waals surface area contributed by atoms with E-state index in [0.717, 1.165) is 5.56 Å². The van der Waals surface area contributed by atoms with Crippen molar-refractivity contribution < 1.29 is 22.4 Å². The molecule has 0 amide bonds. The van der Waals surface area contributed by atoms with Crippen molar-refractivity contribution in [2.24, 2.45) is 0 Å². The summed E-state index contributed by atoms with van der Waals surface area (Å²) in [6.07, 6.45) is 0. The Morgan fingerprint density at radius 3 is 2.35 bits per heavy atom. The van der Waals surface area contributed by atoms with Gasteiger partial charge < -0.3 is 9.15 Å². The Kier molecular flexibility index (Phi) is 6.56. The first-order chi connectivity index (χ1) is 16.1. The van der Waals surface area contributed by atoms with Crippen molar-refractivity contribution in [1.82, 2.24) is 4.72 Å². The number of hydrogen-bond acceptors (Lipinski definition) is 6. The first-order valence-corrected chi connectivity index (χ1v) is 12.1. The van der Waals surface area contributed by atoms with Crippen LogP contribution in [0.5, 0.6) is 5.75 Å². The second-order valence-corrected chi connectivity index (χ2v) is 9.85. The van der Waals surface area contributed by atoms with Crippen LogP contribution in [-0.2, 0) is 14.8 Å². The minimum atomic E-state index is -4.06. The van der Waals surface area contributed by atoms with Crippen LogP contribution in [0.2, 0.25) is 5.02 Å². The van der Waals surface area contributed by atoms with Gasteiger partial charge in [0.1, 0.15) is 11.6 Å². The van der Waals surface area contributed by atoms with Crippen molar-refractivity contribution >= 4 is 38.6 Å². The second-order valence-electron chi connectivity index (χ2n) is 7.73. The van der Waals surface area contributed by atoms with Gasteiger partial charge in [-0.15, -0.1) is 0 Å². The lowest BCUT2D eigenvalue weighted by molar-refractivity contribution is -0.136. The Bertz CT molecular complexity index is 1530. The molecule has 0 fully saturated rings. The molecule has 174 valence electrons. The lowest BCUT2D eigenvalue weighted by Crippen LogP contribution is -2.36. The summed E-state index contributed by atoms with van der Waals surface area (Å²) < 4.78 is 39.1.